The fraction of sp³-hybridized carbons (Fsp3) is 0.933. The Labute approximate surface area is 123 Å². The zero-order valence-corrected chi connectivity index (χ0v) is 13.1. The smallest absolute Gasteiger partial charge is 0.191 e. The highest BCUT2D eigenvalue weighted by Gasteiger charge is 2.20. The normalized spacial score (nSPS) is 15.4. The Hall–Kier alpha value is -0.810. The van der Waals surface area contributed by atoms with E-state index in [2.05, 4.69) is 22.5 Å². The molecule has 0 unspecified atom stereocenters. The van der Waals surface area contributed by atoms with E-state index in [0.717, 1.165) is 64.2 Å². The van der Waals surface area contributed by atoms with Gasteiger partial charge in [-0.15, -0.1) is 0 Å². The number of nitrogens with one attached hydrogen (secondary N) is 2. The third-order valence-electron chi connectivity index (χ3n) is 3.21. The van der Waals surface area contributed by atoms with Gasteiger partial charge in [-0.3, -0.25) is 4.99 Å². The summed E-state index contributed by atoms with van der Waals surface area (Å²) >= 11 is 0. The monoisotopic (exact) mass is 285 g/mol. The first-order valence-electron chi connectivity index (χ1n) is 7.96. The number of hydrogen-bond donors (Lipinski definition) is 2. The average molecular weight is 285 g/mol. The molecule has 0 saturated heterocycles. The maximum atomic E-state index is 5.57. The molecule has 1 aliphatic carbocycles. The Balaban J connectivity index is 1.85. The summed E-state index contributed by atoms with van der Waals surface area (Å²) in [5.74, 6) is 1.67. The molecule has 1 saturated carbocycles. The highest BCUT2D eigenvalue weighted by Crippen LogP contribution is 2.28. The van der Waals surface area contributed by atoms with Crippen molar-refractivity contribution in [2.75, 3.05) is 46.6 Å². The molecule has 0 radical (unpaired) electrons. The maximum Gasteiger partial charge on any atom is 0.191 e. The summed E-state index contributed by atoms with van der Waals surface area (Å²) in [5.41, 5.74) is 0. The van der Waals surface area contributed by atoms with Gasteiger partial charge < -0.3 is 20.1 Å². The quantitative estimate of drug-likeness (QED) is 0.326. The Kier molecular flexibility index (Phi) is 10.3. The summed E-state index contributed by atoms with van der Waals surface area (Å²) in [5, 5.41) is 6.52. The lowest BCUT2D eigenvalue weighted by Crippen LogP contribution is -2.39. The fourth-order valence-corrected chi connectivity index (χ4v) is 1.73. The van der Waals surface area contributed by atoms with Crippen LogP contribution in [0.5, 0.6) is 0 Å². The van der Waals surface area contributed by atoms with E-state index in [1.54, 1.807) is 7.05 Å². The van der Waals surface area contributed by atoms with Crippen molar-refractivity contribution < 1.29 is 9.47 Å². The van der Waals surface area contributed by atoms with Crippen molar-refractivity contribution in [1.29, 1.82) is 0 Å². The molecular formula is C15H31N3O2. The second-order valence-corrected chi connectivity index (χ2v) is 5.26. The van der Waals surface area contributed by atoms with E-state index < -0.39 is 0 Å². The first-order chi connectivity index (χ1) is 9.86. The molecule has 0 aliphatic heterocycles. The molecule has 118 valence electrons. The Bertz CT molecular complexity index is 256. The van der Waals surface area contributed by atoms with Crippen molar-refractivity contribution in [1.82, 2.24) is 10.6 Å². The Morgan fingerprint density at radius 2 is 1.80 bits per heavy atom. The molecule has 0 bridgehead atoms. The van der Waals surface area contributed by atoms with Gasteiger partial charge in [0.1, 0.15) is 0 Å². The van der Waals surface area contributed by atoms with E-state index in [9.17, 15) is 0 Å². The van der Waals surface area contributed by atoms with E-state index >= 15 is 0 Å². The van der Waals surface area contributed by atoms with Crippen molar-refractivity contribution in [2.45, 2.75) is 39.0 Å². The van der Waals surface area contributed by atoms with Crippen molar-refractivity contribution in [3.63, 3.8) is 0 Å². The zero-order chi connectivity index (χ0) is 14.5. The van der Waals surface area contributed by atoms with Crippen LogP contribution in [0.25, 0.3) is 0 Å². The van der Waals surface area contributed by atoms with Crippen molar-refractivity contribution in [3.05, 3.63) is 0 Å². The average Bonchev–Trinajstić information content (AvgIpc) is 3.28. The minimum atomic E-state index is 0.747. The lowest BCUT2D eigenvalue weighted by atomic mass is 10.4. The molecule has 0 spiro atoms. The number of aliphatic imine (C=N–C) groups is 1. The molecule has 5 heteroatoms. The molecule has 0 aromatic heterocycles. The van der Waals surface area contributed by atoms with Crippen LogP contribution in [-0.4, -0.2) is 52.5 Å². The predicted octanol–water partition coefficient (Wildman–Crippen LogP) is 1.78. The van der Waals surface area contributed by atoms with E-state index in [-0.39, 0.29) is 0 Å². The van der Waals surface area contributed by atoms with Gasteiger partial charge in [-0.05, 0) is 31.6 Å². The minimum Gasteiger partial charge on any atom is -0.381 e. The van der Waals surface area contributed by atoms with Crippen molar-refractivity contribution in [2.24, 2.45) is 10.9 Å². The number of nitrogens with zero attached hydrogens (tertiary/aromatic N) is 1. The van der Waals surface area contributed by atoms with Crippen LogP contribution in [0.15, 0.2) is 4.99 Å². The molecule has 0 aromatic rings. The molecule has 1 rings (SSSR count). The first-order valence-corrected chi connectivity index (χ1v) is 7.96. The van der Waals surface area contributed by atoms with E-state index in [1.807, 2.05) is 0 Å². The van der Waals surface area contributed by atoms with Gasteiger partial charge in [0.2, 0.25) is 0 Å². The van der Waals surface area contributed by atoms with Crippen LogP contribution in [0, 0.1) is 5.92 Å². The topological polar surface area (TPSA) is 54.9 Å². The van der Waals surface area contributed by atoms with Crippen molar-refractivity contribution >= 4 is 5.96 Å². The highest BCUT2D eigenvalue weighted by atomic mass is 16.5. The maximum absolute atomic E-state index is 5.57. The SMILES string of the molecule is CCCCOCCCNC(=NC)NCCOCC1CC1. The van der Waals surface area contributed by atoms with Gasteiger partial charge in [0.25, 0.3) is 0 Å². The van der Waals surface area contributed by atoms with Gasteiger partial charge in [-0.25, -0.2) is 0 Å². The largest absolute Gasteiger partial charge is 0.381 e. The zero-order valence-electron chi connectivity index (χ0n) is 13.1. The third-order valence-corrected chi connectivity index (χ3v) is 3.21. The lowest BCUT2D eigenvalue weighted by molar-refractivity contribution is 0.128. The van der Waals surface area contributed by atoms with Gasteiger partial charge in [-0.2, -0.15) is 0 Å². The minimum absolute atomic E-state index is 0.747. The molecule has 5 nitrogen and oxygen atoms in total. The van der Waals surface area contributed by atoms with Gasteiger partial charge in [0.05, 0.1) is 6.61 Å². The molecule has 0 aromatic carbocycles. The molecule has 2 N–H and O–H groups in total. The second-order valence-electron chi connectivity index (χ2n) is 5.26. The summed E-state index contributed by atoms with van der Waals surface area (Å²) in [6, 6.07) is 0. The Morgan fingerprint density at radius 1 is 1.05 bits per heavy atom. The van der Waals surface area contributed by atoms with Gasteiger partial charge in [0, 0.05) is 40.0 Å². The number of guanidine groups is 1. The second kappa shape index (κ2) is 12.0. The highest BCUT2D eigenvalue weighted by molar-refractivity contribution is 5.79. The van der Waals surface area contributed by atoms with Gasteiger partial charge >= 0.3 is 0 Å². The Morgan fingerprint density at radius 3 is 2.50 bits per heavy atom. The summed E-state index contributed by atoms with van der Waals surface area (Å²) in [7, 11) is 1.79. The molecule has 0 atom stereocenters. The van der Waals surface area contributed by atoms with E-state index in [1.165, 1.54) is 19.3 Å². The lowest BCUT2D eigenvalue weighted by Gasteiger charge is -2.12. The standard InChI is InChI=1S/C15H31N3O2/c1-3-4-10-19-11-5-8-17-15(16-2)18-9-12-20-13-14-6-7-14/h14H,3-13H2,1-2H3,(H2,16,17,18). The molecule has 1 aliphatic rings. The summed E-state index contributed by atoms with van der Waals surface area (Å²) < 4.78 is 11.1. The number of unbranched alkanes of at least 4 members (excludes halogenated alkanes) is 1. The van der Waals surface area contributed by atoms with Crippen LogP contribution < -0.4 is 10.6 Å². The van der Waals surface area contributed by atoms with Crippen LogP contribution in [0.3, 0.4) is 0 Å². The van der Waals surface area contributed by atoms with Crippen LogP contribution in [-0.2, 0) is 9.47 Å². The summed E-state index contributed by atoms with van der Waals surface area (Å²) in [4.78, 5) is 4.18. The third kappa shape index (κ3) is 10.0. The number of hydrogen-bond acceptors (Lipinski definition) is 3. The van der Waals surface area contributed by atoms with Crippen LogP contribution in [0.1, 0.15) is 39.0 Å². The van der Waals surface area contributed by atoms with Crippen LogP contribution in [0.2, 0.25) is 0 Å². The number of rotatable bonds is 12. The molecule has 20 heavy (non-hydrogen) atoms. The number of ether oxygens (including phenoxy) is 2. The first kappa shape index (κ1) is 17.2. The van der Waals surface area contributed by atoms with Gasteiger partial charge in [-0.1, -0.05) is 13.3 Å². The summed E-state index contributed by atoms with van der Waals surface area (Å²) in [6.45, 7) is 7.22. The van der Waals surface area contributed by atoms with Crippen LogP contribution >= 0.6 is 0 Å². The van der Waals surface area contributed by atoms with Gasteiger partial charge in [0.15, 0.2) is 5.96 Å². The molecule has 1 fully saturated rings. The van der Waals surface area contributed by atoms with E-state index in [4.69, 9.17) is 9.47 Å². The molecule has 0 amide bonds. The molecular weight excluding hydrogens is 254 g/mol. The van der Waals surface area contributed by atoms with Crippen molar-refractivity contribution in [3.8, 4) is 0 Å². The molecule has 0 heterocycles. The fourth-order valence-electron chi connectivity index (χ4n) is 1.73. The van der Waals surface area contributed by atoms with Crippen LogP contribution in [0.4, 0.5) is 0 Å². The predicted molar refractivity (Wildman–Crippen MR) is 83.3 cm³/mol. The van der Waals surface area contributed by atoms with E-state index in [0.29, 0.717) is 0 Å². The summed E-state index contributed by atoms with van der Waals surface area (Å²) in [6.07, 6.45) is 6.03.